The van der Waals surface area contributed by atoms with Crippen molar-refractivity contribution in [3.8, 4) is 0 Å². The Hall–Kier alpha value is -0.770. The van der Waals surface area contributed by atoms with Crippen molar-refractivity contribution in [2.45, 2.75) is 38.6 Å². The molecule has 122 valence electrons. The van der Waals surface area contributed by atoms with E-state index in [2.05, 4.69) is 10.6 Å². The van der Waals surface area contributed by atoms with Gasteiger partial charge in [0.1, 0.15) is 0 Å². The monoisotopic (exact) mass is 342 g/mol. The highest BCUT2D eigenvalue weighted by molar-refractivity contribution is 6.30. The second-order valence-electron chi connectivity index (χ2n) is 6.48. The van der Waals surface area contributed by atoms with Crippen LogP contribution in [-0.4, -0.2) is 19.0 Å². The topological polar surface area (TPSA) is 41.1 Å². The van der Waals surface area contributed by atoms with Gasteiger partial charge in [-0.05, 0) is 49.9 Å². The minimum atomic E-state index is -0.182. The van der Waals surface area contributed by atoms with Crippen molar-refractivity contribution in [1.29, 1.82) is 0 Å². The van der Waals surface area contributed by atoms with Gasteiger partial charge in [-0.1, -0.05) is 36.6 Å². The molecule has 22 heavy (non-hydrogen) atoms. The normalized spacial score (nSPS) is 28.4. The van der Waals surface area contributed by atoms with Gasteiger partial charge in [-0.15, -0.1) is 12.4 Å². The maximum atomic E-state index is 12.9. The second kappa shape index (κ2) is 7.20. The molecule has 2 fully saturated rings. The van der Waals surface area contributed by atoms with Crippen LogP contribution in [0.4, 0.5) is 0 Å². The predicted octanol–water partition coefficient (Wildman–Crippen LogP) is 3.72. The molecule has 1 saturated heterocycles. The predicted molar refractivity (Wildman–Crippen MR) is 92.5 cm³/mol. The zero-order valence-electron chi connectivity index (χ0n) is 12.9. The fraction of sp³-hybridized carbons (Fsp3) is 0.588. The van der Waals surface area contributed by atoms with E-state index < -0.39 is 0 Å². The first-order valence-corrected chi connectivity index (χ1v) is 8.27. The summed E-state index contributed by atoms with van der Waals surface area (Å²) in [5.74, 6) is 0.725. The summed E-state index contributed by atoms with van der Waals surface area (Å²) in [7, 11) is 0. The molecule has 1 aliphatic heterocycles. The van der Waals surface area contributed by atoms with E-state index in [1.807, 2.05) is 31.2 Å². The fourth-order valence-corrected chi connectivity index (χ4v) is 3.99. The van der Waals surface area contributed by atoms with Crippen LogP contribution < -0.4 is 10.6 Å². The number of fused-ring (bicyclic) bond motifs is 1. The minimum absolute atomic E-state index is 0. The summed E-state index contributed by atoms with van der Waals surface area (Å²) >= 11 is 5.92. The lowest BCUT2D eigenvalue weighted by molar-refractivity contribution is -0.134. The van der Waals surface area contributed by atoms with Gasteiger partial charge in [-0.25, -0.2) is 0 Å². The van der Waals surface area contributed by atoms with Crippen LogP contribution in [0, 0.1) is 11.3 Å². The summed E-state index contributed by atoms with van der Waals surface area (Å²) in [6.07, 6.45) is 4.62. The summed E-state index contributed by atoms with van der Waals surface area (Å²) in [6, 6.07) is 7.73. The molecule has 5 heteroatoms. The Morgan fingerprint density at radius 3 is 2.82 bits per heavy atom. The van der Waals surface area contributed by atoms with Gasteiger partial charge in [0.25, 0.3) is 0 Å². The van der Waals surface area contributed by atoms with Gasteiger partial charge in [-0.2, -0.15) is 0 Å². The average molecular weight is 343 g/mol. The van der Waals surface area contributed by atoms with Gasteiger partial charge in [-0.3, -0.25) is 4.79 Å². The van der Waals surface area contributed by atoms with Crippen LogP contribution in [0.15, 0.2) is 24.3 Å². The van der Waals surface area contributed by atoms with Crippen LogP contribution in [0.1, 0.15) is 44.2 Å². The van der Waals surface area contributed by atoms with E-state index in [0.717, 1.165) is 30.1 Å². The van der Waals surface area contributed by atoms with Crippen molar-refractivity contribution in [2.75, 3.05) is 13.1 Å². The molecule has 1 unspecified atom stereocenters. The number of rotatable bonds is 3. The molecule has 1 aromatic carbocycles. The van der Waals surface area contributed by atoms with Gasteiger partial charge < -0.3 is 10.6 Å². The Morgan fingerprint density at radius 1 is 1.36 bits per heavy atom. The molecule has 1 saturated carbocycles. The molecule has 3 rings (SSSR count). The molecule has 0 bridgehead atoms. The van der Waals surface area contributed by atoms with E-state index in [1.165, 1.54) is 19.3 Å². The quantitative estimate of drug-likeness (QED) is 0.878. The van der Waals surface area contributed by atoms with Crippen LogP contribution in [0.3, 0.4) is 0 Å². The third kappa shape index (κ3) is 3.27. The van der Waals surface area contributed by atoms with Gasteiger partial charge >= 0.3 is 0 Å². The summed E-state index contributed by atoms with van der Waals surface area (Å²) in [4.78, 5) is 12.9. The van der Waals surface area contributed by atoms with E-state index >= 15 is 0 Å². The standard InChI is InChI=1S/C17H23ClN2O.ClH/c1-12(13-5-7-15(18)8-6-13)20-16(21)17-9-3-2-4-14(17)10-19-11-17;/h5-8,12,14,19H,2-4,9-11H2,1H3,(H,20,21);1H/t12?,14-,17+;/m0./s1. The Morgan fingerprint density at radius 2 is 2.09 bits per heavy atom. The average Bonchev–Trinajstić information content (AvgIpc) is 2.93. The van der Waals surface area contributed by atoms with E-state index in [4.69, 9.17) is 11.6 Å². The molecule has 2 aliphatic rings. The number of halogens is 2. The Labute approximate surface area is 143 Å². The number of carbonyl (C=O) groups excluding carboxylic acids is 1. The molecular formula is C17H24Cl2N2O. The van der Waals surface area contributed by atoms with Crippen molar-refractivity contribution < 1.29 is 4.79 Å². The van der Waals surface area contributed by atoms with Crippen LogP contribution in [0.25, 0.3) is 0 Å². The summed E-state index contributed by atoms with van der Waals surface area (Å²) in [6.45, 7) is 3.86. The van der Waals surface area contributed by atoms with Crippen LogP contribution in [0.5, 0.6) is 0 Å². The SMILES string of the molecule is CC(NC(=O)[C@@]12CCCC[C@H]1CNC2)c1ccc(Cl)cc1.Cl. The third-order valence-corrected chi connectivity index (χ3v) is 5.46. The number of hydrogen-bond donors (Lipinski definition) is 2. The lowest BCUT2D eigenvalue weighted by atomic mass is 9.67. The highest BCUT2D eigenvalue weighted by atomic mass is 35.5. The summed E-state index contributed by atoms with van der Waals surface area (Å²) in [5, 5.41) is 7.38. The largest absolute Gasteiger partial charge is 0.349 e. The molecule has 3 atom stereocenters. The number of nitrogens with one attached hydrogen (secondary N) is 2. The molecule has 0 aromatic heterocycles. The first-order chi connectivity index (χ1) is 10.1. The lowest BCUT2D eigenvalue weighted by Crippen LogP contribution is -2.48. The van der Waals surface area contributed by atoms with Gasteiger partial charge in [0.15, 0.2) is 0 Å². The smallest absolute Gasteiger partial charge is 0.228 e. The van der Waals surface area contributed by atoms with E-state index in [0.29, 0.717) is 5.92 Å². The van der Waals surface area contributed by atoms with Gasteiger partial charge in [0.05, 0.1) is 11.5 Å². The lowest BCUT2D eigenvalue weighted by Gasteiger charge is -2.38. The second-order valence-corrected chi connectivity index (χ2v) is 6.91. The highest BCUT2D eigenvalue weighted by Crippen LogP contribution is 2.44. The third-order valence-electron chi connectivity index (χ3n) is 5.21. The molecule has 1 heterocycles. The molecule has 1 aromatic rings. The molecular weight excluding hydrogens is 319 g/mol. The van der Waals surface area contributed by atoms with Crippen LogP contribution in [0.2, 0.25) is 5.02 Å². The van der Waals surface area contributed by atoms with E-state index in [-0.39, 0.29) is 29.8 Å². The zero-order chi connectivity index (χ0) is 14.9. The van der Waals surface area contributed by atoms with Crippen molar-refractivity contribution in [2.24, 2.45) is 11.3 Å². The zero-order valence-corrected chi connectivity index (χ0v) is 14.5. The Kier molecular flexibility index (Phi) is 5.76. The Balaban J connectivity index is 0.00000176. The fourth-order valence-electron chi connectivity index (χ4n) is 3.87. The Bertz CT molecular complexity index is 520. The van der Waals surface area contributed by atoms with Crippen molar-refractivity contribution in [3.05, 3.63) is 34.9 Å². The van der Waals surface area contributed by atoms with Crippen LogP contribution >= 0.6 is 24.0 Å². The highest BCUT2D eigenvalue weighted by Gasteiger charge is 2.49. The van der Waals surface area contributed by atoms with Crippen molar-refractivity contribution >= 4 is 29.9 Å². The number of amides is 1. The summed E-state index contributed by atoms with van der Waals surface area (Å²) < 4.78 is 0. The molecule has 0 spiro atoms. The molecule has 2 N–H and O–H groups in total. The maximum absolute atomic E-state index is 12.9. The van der Waals surface area contributed by atoms with E-state index in [9.17, 15) is 4.79 Å². The number of carbonyl (C=O) groups is 1. The summed E-state index contributed by atoms with van der Waals surface area (Å²) in [5.41, 5.74) is 0.918. The molecule has 3 nitrogen and oxygen atoms in total. The number of benzene rings is 1. The van der Waals surface area contributed by atoms with Crippen LogP contribution in [-0.2, 0) is 4.79 Å². The maximum Gasteiger partial charge on any atom is 0.228 e. The minimum Gasteiger partial charge on any atom is -0.349 e. The van der Waals surface area contributed by atoms with Crippen molar-refractivity contribution in [3.63, 3.8) is 0 Å². The van der Waals surface area contributed by atoms with Gasteiger partial charge in [0.2, 0.25) is 5.91 Å². The number of hydrogen-bond acceptors (Lipinski definition) is 2. The molecule has 1 aliphatic carbocycles. The van der Waals surface area contributed by atoms with Gasteiger partial charge in [0, 0.05) is 11.6 Å². The first-order valence-electron chi connectivity index (χ1n) is 7.89. The molecule has 0 radical (unpaired) electrons. The van der Waals surface area contributed by atoms with Crippen molar-refractivity contribution in [1.82, 2.24) is 10.6 Å². The molecule has 1 amide bonds. The first kappa shape index (κ1) is 17.6. The van der Waals surface area contributed by atoms with E-state index in [1.54, 1.807) is 0 Å².